The molecule has 1 heterocycles. The lowest BCUT2D eigenvalue weighted by molar-refractivity contribution is 0.626. The number of hydrogen-bond donors (Lipinski definition) is 2. The van der Waals surface area contributed by atoms with Crippen molar-refractivity contribution in [2.75, 3.05) is 11.1 Å². The number of hydrogen-bond acceptors (Lipinski definition) is 4. The number of nitrogen functional groups attached to an aromatic ring is 1. The predicted octanol–water partition coefficient (Wildman–Crippen LogP) is 1.27. The standard InChI is InChI=1S/C8H14N4/c1-8(2,3)12-7-10-5-4-6(9)11-7/h4-5H,1-3H3,(H3,9,10,11,12). The van der Waals surface area contributed by atoms with Gasteiger partial charge in [0.15, 0.2) is 0 Å². The van der Waals surface area contributed by atoms with Crippen LogP contribution in [0.1, 0.15) is 20.8 Å². The summed E-state index contributed by atoms with van der Waals surface area (Å²) in [5.74, 6) is 1.05. The van der Waals surface area contributed by atoms with Gasteiger partial charge in [0.2, 0.25) is 5.95 Å². The Morgan fingerprint density at radius 3 is 2.58 bits per heavy atom. The lowest BCUT2D eigenvalue weighted by Crippen LogP contribution is -2.27. The highest BCUT2D eigenvalue weighted by molar-refractivity contribution is 5.36. The number of rotatable bonds is 1. The molecule has 1 aromatic rings. The lowest BCUT2D eigenvalue weighted by Gasteiger charge is -2.20. The Morgan fingerprint density at radius 1 is 1.42 bits per heavy atom. The van der Waals surface area contributed by atoms with E-state index in [9.17, 15) is 0 Å². The van der Waals surface area contributed by atoms with Gasteiger partial charge in [-0.05, 0) is 26.8 Å². The monoisotopic (exact) mass is 166 g/mol. The molecule has 0 radical (unpaired) electrons. The summed E-state index contributed by atoms with van der Waals surface area (Å²) < 4.78 is 0. The highest BCUT2D eigenvalue weighted by Gasteiger charge is 2.10. The Morgan fingerprint density at radius 2 is 2.08 bits per heavy atom. The molecular formula is C8H14N4. The average Bonchev–Trinajstić information content (AvgIpc) is 1.82. The van der Waals surface area contributed by atoms with Crippen LogP contribution in [0.3, 0.4) is 0 Å². The fourth-order valence-electron chi connectivity index (χ4n) is 0.768. The number of nitrogens with one attached hydrogen (secondary N) is 1. The second kappa shape index (κ2) is 2.97. The fraction of sp³-hybridized carbons (Fsp3) is 0.500. The molecule has 4 nitrogen and oxygen atoms in total. The highest BCUT2D eigenvalue weighted by Crippen LogP contribution is 2.09. The summed E-state index contributed by atoms with van der Waals surface area (Å²) in [4.78, 5) is 8.04. The van der Waals surface area contributed by atoms with Gasteiger partial charge in [-0.2, -0.15) is 4.98 Å². The third-order valence-electron chi connectivity index (χ3n) is 1.16. The Kier molecular flexibility index (Phi) is 2.17. The van der Waals surface area contributed by atoms with Crippen LogP contribution in [0.25, 0.3) is 0 Å². The van der Waals surface area contributed by atoms with Gasteiger partial charge in [0, 0.05) is 11.7 Å². The smallest absolute Gasteiger partial charge is 0.224 e. The third-order valence-corrected chi connectivity index (χ3v) is 1.16. The molecule has 0 aromatic carbocycles. The second-order valence-corrected chi connectivity index (χ2v) is 3.68. The topological polar surface area (TPSA) is 63.8 Å². The molecule has 1 aromatic heterocycles. The van der Waals surface area contributed by atoms with Crippen molar-refractivity contribution in [1.29, 1.82) is 0 Å². The quantitative estimate of drug-likeness (QED) is 0.659. The molecule has 0 aliphatic heterocycles. The third kappa shape index (κ3) is 2.74. The van der Waals surface area contributed by atoms with Gasteiger partial charge >= 0.3 is 0 Å². The average molecular weight is 166 g/mol. The van der Waals surface area contributed by atoms with E-state index < -0.39 is 0 Å². The zero-order valence-electron chi connectivity index (χ0n) is 7.63. The molecule has 0 bridgehead atoms. The largest absolute Gasteiger partial charge is 0.384 e. The number of nitrogens with zero attached hydrogens (tertiary/aromatic N) is 2. The van der Waals surface area contributed by atoms with Gasteiger partial charge in [-0.15, -0.1) is 0 Å². The van der Waals surface area contributed by atoms with E-state index in [1.807, 2.05) is 20.8 Å². The van der Waals surface area contributed by atoms with Crippen molar-refractivity contribution in [2.24, 2.45) is 0 Å². The Bertz CT molecular complexity index is 264. The predicted molar refractivity (Wildman–Crippen MR) is 49.8 cm³/mol. The fourth-order valence-corrected chi connectivity index (χ4v) is 0.768. The molecular weight excluding hydrogens is 152 g/mol. The SMILES string of the molecule is CC(C)(C)Nc1nccc(N)n1. The minimum absolute atomic E-state index is 0.0339. The van der Waals surface area contributed by atoms with Crippen LogP contribution < -0.4 is 11.1 Å². The first-order valence-electron chi connectivity index (χ1n) is 3.84. The van der Waals surface area contributed by atoms with Crippen molar-refractivity contribution in [3.05, 3.63) is 12.3 Å². The lowest BCUT2D eigenvalue weighted by atomic mass is 10.1. The van der Waals surface area contributed by atoms with Gasteiger partial charge < -0.3 is 11.1 Å². The van der Waals surface area contributed by atoms with E-state index in [1.54, 1.807) is 12.3 Å². The van der Waals surface area contributed by atoms with Crippen molar-refractivity contribution in [1.82, 2.24) is 9.97 Å². The van der Waals surface area contributed by atoms with Gasteiger partial charge in [0.25, 0.3) is 0 Å². The minimum atomic E-state index is -0.0339. The van der Waals surface area contributed by atoms with E-state index in [-0.39, 0.29) is 5.54 Å². The van der Waals surface area contributed by atoms with Crippen LogP contribution in [0.5, 0.6) is 0 Å². The van der Waals surface area contributed by atoms with Crippen LogP contribution in [0, 0.1) is 0 Å². The molecule has 66 valence electrons. The summed E-state index contributed by atoms with van der Waals surface area (Å²) in [7, 11) is 0. The van der Waals surface area contributed by atoms with Crippen molar-refractivity contribution in [2.45, 2.75) is 26.3 Å². The molecule has 0 amide bonds. The summed E-state index contributed by atoms with van der Waals surface area (Å²) in [6, 6.07) is 1.66. The molecule has 0 atom stereocenters. The Hall–Kier alpha value is -1.32. The first-order valence-corrected chi connectivity index (χ1v) is 3.84. The molecule has 0 aliphatic carbocycles. The van der Waals surface area contributed by atoms with E-state index >= 15 is 0 Å². The Labute approximate surface area is 72.2 Å². The minimum Gasteiger partial charge on any atom is -0.384 e. The van der Waals surface area contributed by atoms with E-state index in [1.165, 1.54) is 0 Å². The van der Waals surface area contributed by atoms with Gasteiger partial charge in [0.1, 0.15) is 5.82 Å². The summed E-state index contributed by atoms with van der Waals surface area (Å²) >= 11 is 0. The summed E-state index contributed by atoms with van der Waals surface area (Å²) in [6.45, 7) is 6.12. The zero-order chi connectivity index (χ0) is 9.19. The van der Waals surface area contributed by atoms with Crippen LogP contribution in [-0.2, 0) is 0 Å². The molecule has 0 spiro atoms. The molecule has 0 aliphatic rings. The van der Waals surface area contributed by atoms with Crippen LogP contribution in [0.4, 0.5) is 11.8 Å². The van der Waals surface area contributed by atoms with Crippen molar-refractivity contribution < 1.29 is 0 Å². The molecule has 12 heavy (non-hydrogen) atoms. The van der Waals surface area contributed by atoms with Crippen molar-refractivity contribution in [3.63, 3.8) is 0 Å². The highest BCUT2D eigenvalue weighted by atomic mass is 15.1. The molecule has 4 heteroatoms. The normalized spacial score (nSPS) is 11.2. The molecule has 1 rings (SSSR count). The summed E-state index contributed by atoms with van der Waals surface area (Å²) in [5, 5.41) is 3.12. The first-order chi connectivity index (χ1) is 5.47. The van der Waals surface area contributed by atoms with Crippen LogP contribution >= 0.6 is 0 Å². The number of aromatic nitrogens is 2. The van der Waals surface area contributed by atoms with E-state index in [4.69, 9.17) is 5.73 Å². The first kappa shape index (κ1) is 8.77. The van der Waals surface area contributed by atoms with Gasteiger partial charge in [0.05, 0.1) is 0 Å². The van der Waals surface area contributed by atoms with Crippen molar-refractivity contribution in [3.8, 4) is 0 Å². The zero-order valence-corrected chi connectivity index (χ0v) is 7.63. The molecule has 0 saturated carbocycles. The summed E-state index contributed by atoms with van der Waals surface area (Å²) in [6.07, 6.45) is 1.64. The van der Waals surface area contributed by atoms with Crippen LogP contribution in [-0.4, -0.2) is 15.5 Å². The van der Waals surface area contributed by atoms with E-state index in [0.29, 0.717) is 11.8 Å². The molecule has 0 unspecified atom stereocenters. The second-order valence-electron chi connectivity index (χ2n) is 3.68. The number of anilines is 2. The van der Waals surface area contributed by atoms with Gasteiger partial charge in [-0.25, -0.2) is 4.98 Å². The maximum absolute atomic E-state index is 5.49. The molecule has 0 saturated heterocycles. The van der Waals surface area contributed by atoms with Gasteiger partial charge in [-0.1, -0.05) is 0 Å². The molecule has 0 fully saturated rings. The van der Waals surface area contributed by atoms with E-state index in [2.05, 4.69) is 15.3 Å². The van der Waals surface area contributed by atoms with Crippen LogP contribution in [0.15, 0.2) is 12.3 Å². The summed E-state index contributed by atoms with van der Waals surface area (Å²) in [5.41, 5.74) is 5.45. The maximum atomic E-state index is 5.49. The molecule has 3 N–H and O–H groups in total. The van der Waals surface area contributed by atoms with Crippen LogP contribution in [0.2, 0.25) is 0 Å². The van der Waals surface area contributed by atoms with E-state index in [0.717, 1.165) is 0 Å². The van der Waals surface area contributed by atoms with Gasteiger partial charge in [-0.3, -0.25) is 0 Å². The number of nitrogens with two attached hydrogens (primary N) is 1. The maximum Gasteiger partial charge on any atom is 0.224 e. The van der Waals surface area contributed by atoms with Crippen molar-refractivity contribution >= 4 is 11.8 Å². The Balaban J connectivity index is 2.77.